The summed E-state index contributed by atoms with van der Waals surface area (Å²) >= 11 is 0. The fourth-order valence-electron chi connectivity index (χ4n) is 1.24. The van der Waals surface area contributed by atoms with Crippen LogP contribution in [0.25, 0.3) is 0 Å². The molecule has 0 saturated carbocycles. The summed E-state index contributed by atoms with van der Waals surface area (Å²) in [5.74, 6) is -0.697. The van der Waals surface area contributed by atoms with Gasteiger partial charge in [0.1, 0.15) is 5.82 Å². The maximum absolute atomic E-state index is 13.0. The van der Waals surface area contributed by atoms with E-state index in [0.29, 0.717) is 18.5 Å². The van der Waals surface area contributed by atoms with Gasteiger partial charge in [0.2, 0.25) is 0 Å². The van der Waals surface area contributed by atoms with Crippen LogP contribution in [-0.2, 0) is 6.42 Å². The number of benzene rings is 1. The molecule has 14 heavy (non-hydrogen) atoms. The third-order valence-corrected chi connectivity index (χ3v) is 1.88. The zero-order valence-corrected chi connectivity index (χ0v) is 8.01. The molecule has 1 rings (SSSR count). The van der Waals surface area contributed by atoms with Gasteiger partial charge in [-0.15, -0.1) is 0 Å². The fraction of sp³-hybridized carbons (Fsp3) is 0.300. The van der Waals surface area contributed by atoms with Gasteiger partial charge < -0.3 is 11.1 Å². The van der Waals surface area contributed by atoms with Gasteiger partial charge in [-0.25, -0.2) is 4.39 Å². The molecule has 1 amide bonds. The highest BCUT2D eigenvalue weighted by molar-refractivity contribution is 5.94. The van der Waals surface area contributed by atoms with E-state index in [-0.39, 0.29) is 5.91 Å². The smallest absolute Gasteiger partial charge is 0.251 e. The van der Waals surface area contributed by atoms with Gasteiger partial charge >= 0.3 is 0 Å². The van der Waals surface area contributed by atoms with Crippen molar-refractivity contribution >= 4 is 5.91 Å². The first-order valence-corrected chi connectivity index (χ1v) is 4.39. The van der Waals surface area contributed by atoms with Crippen LogP contribution < -0.4 is 11.1 Å². The second kappa shape index (κ2) is 4.72. The van der Waals surface area contributed by atoms with Crippen LogP contribution in [0.5, 0.6) is 0 Å². The van der Waals surface area contributed by atoms with Crippen LogP contribution in [0.3, 0.4) is 0 Å². The highest BCUT2D eigenvalue weighted by Gasteiger charge is 2.06. The van der Waals surface area contributed by atoms with Crippen LogP contribution >= 0.6 is 0 Å². The molecule has 0 radical (unpaired) electrons. The highest BCUT2D eigenvalue weighted by Crippen LogP contribution is 2.09. The summed E-state index contributed by atoms with van der Waals surface area (Å²) in [4.78, 5) is 11.2. The SMILES string of the molecule is CNC(=O)c1cc(F)cc(CCN)c1. The molecule has 1 aromatic rings. The van der Waals surface area contributed by atoms with E-state index < -0.39 is 5.82 Å². The minimum atomic E-state index is -0.408. The van der Waals surface area contributed by atoms with E-state index in [2.05, 4.69) is 5.32 Å². The van der Waals surface area contributed by atoms with Crippen LogP contribution in [0.2, 0.25) is 0 Å². The predicted octanol–water partition coefficient (Wildman–Crippen LogP) is 0.686. The van der Waals surface area contributed by atoms with Crippen molar-refractivity contribution in [1.29, 1.82) is 0 Å². The minimum absolute atomic E-state index is 0.289. The Balaban J connectivity index is 3.00. The van der Waals surface area contributed by atoms with E-state index >= 15 is 0 Å². The molecule has 0 heterocycles. The monoisotopic (exact) mass is 196 g/mol. The Morgan fingerprint density at radius 1 is 1.50 bits per heavy atom. The molecular weight excluding hydrogens is 183 g/mol. The molecule has 4 heteroatoms. The molecule has 0 saturated heterocycles. The van der Waals surface area contributed by atoms with Gasteiger partial charge in [0.05, 0.1) is 0 Å². The molecule has 1 aromatic carbocycles. The number of carbonyl (C=O) groups excluding carboxylic acids is 1. The maximum atomic E-state index is 13.0. The summed E-state index contributed by atoms with van der Waals surface area (Å²) in [7, 11) is 1.51. The van der Waals surface area contributed by atoms with E-state index in [1.54, 1.807) is 6.07 Å². The number of nitrogens with two attached hydrogens (primary N) is 1. The Morgan fingerprint density at radius 2 is 2.21 bits per heavy atom. The lowest BCUT2D eigenvalue weighted by Gasteiger charge is -2.03. The number of halogens is 1. The number of rotatable bonds is 3. The summed E-state index contributed by atoms with van der Waals surface area (Å²) in [6.45, 7) is 0.441. The Kier molecular flexibility index (Phi) is 3.59. The van der Waals surface area contributed by atoms with Crippen molar-refractivity contribution in [3.8, 4) is 0 Å². The number of hydrogen-bond donors (Lipinski definition) is 2. The summed E-state index contributed by atoms with van der Waals surface area (Å²) in [6.07, 6.45) is 0.571. The Bertz CT molecular complexity index is 339. The average molecular weight is 196 g/mol. The van der Waals surface area contributed by atoms with E-state index in [1.807, 2.05) is 0 Å². The van der Waals surface area contributed by atoms with Gasteiger partial charge in [0.15, 0.2) is 0 Å². The molecule has 0 aliphatic rings. The molecule has 3 nitrogen and oxygen atoms in total. The van der Waals surface area contributed by atoms with E-state index in [4.69, 9.17) is 5.73 Å². The van der Waals surface area contributed by atoms with Gasteiger partial charge in [0.25, 0.3) is 5.91 Å². The first-order valence-electron chi connectivity index (χ1n) is 4.39. The van der Waals surface area contributed by atoms with Crippen molar-refractivity contribution in [3.63, 3.8) is 0 Å². The van der Waals surface area contributed by atoms with Gasteiger partial charge in [-0.2, -0.15) is 0 Å². The van der Waals surface area contributed by atoms with Crippen LogP contribution in [-0.4, -0.2) is 19.5 Å². The summed E-state index contributed by atoms with van der Waals surface area (Å²) in [5, 5.41) is 2.44. The lowest BCUT2D eigenvalue weighted by atomic mass is 10.1. The lowest BCUT2D eigenvalue weighted by molar-refractivity contribution is 0.0962. The normalized spacial score (nSPS) is 9.93. The van der Waals surface area contributed by atoms with Crippen LogP contribution in [0.4, 0.5) is 4.39 Å². The van der Waals surface area contributed by atoms with E-state index in [0.717, 1.165) is 5.56 Å². The van der Waals surface area contributed by atoms with Crippen LogP contribution in [0, 0.1) is 5.82 Å². The lowest BCUT2D eigenvalue weighted by Crippen LogP contribution is -2.18. The van der Waals surface area contributed by atoms with Crippen molar-refractivity contribution in [2.75, 3.05) is 13.6 Å². The Morgan fingerprint density at radius 3 is 2.79 bits per heavy atom. The third kappa shape index (κ3) is 2.53. The standard InChI is InChI=1S/C10H13FN2O/c1-13-10(14)8-4-7(2-3-12)5-9(11)6-8/h4-6H,2-3,12H2,1H3,(H,13,14). The van der Waals surface area contributed by atoms with E-state index in [1.165, 1.54) is 19.2 Å². The van der Waals surface area contributed by atoms with Gasteiger partial charge in [-0.3, -0.25) is 4.79 Å². The number of carbonyl (C=O) groups is 1. The second-order valence-corrected chi connectivity index (χ2v) is 2.97. The predicted molar refractivity (Wildman–Crippen MR) is 52.5 cm³/mol. The molecule has 0 atom stereocenters. The number of amides is 1. The first-order chi connectivity index (χ1) is 6.67. The van der Waals surface area contributed by atoms with Crippen molar-refractivity contribution in [3.05, 3.63) is 35.1 Å². The molecule has 0 bridgehead atoms. The zero-order valence-electron chi connectivity index (χ0n) is 8.01. The second-order valence-electron chi connectivity index (χ2n) is 2.97. The van der Waals surface area contributed by atoms with Crippen molar-refractivity contribution in [2.45, 2.75) is 6.42 Å². The van der Waals surface area contributed by atoms with Crippen molar-refractivity contribution < 1.29 is 9.18 Å². The van der Waals surface area contributed by atoms with Gasteiger partial charge in [-0.05, 0) is 36.7 Å². The molecule has 0 unspecified atom stereocenters. The highest BCUT2D eigenvalue weighted by atomic mass is 19.1. The van der Waals surface area contributed by atoms with E-state index in [9.17, 15) is 9.18 Å². The molecule has 76 valence electrons. The van der Waals surface area contributed by atoms with Gasteiger partial charge in [-0.1, -0.05) is 0 Å². The molecular formula is C10H13FN2O. The quantitative estimate of drug-likeness (QED) is 0.747. The summed E-state index contributed by atoms with van der Waals surface area (Å²) in [6, 6.07) is 4.24. The maximum Gasteiger partial charge on any atom is 0.251 e. The van der Waals surface area contributed by atoms with Crippen LogP contribution in [0.15, 0.2) is 18.2 Å². The fourth-order valence-corrected chi connectivity index (χ4v) is 1.24. The molecule has 0 fully saturated rings. The number of nitrogens with one attached hydrogen (secondary N) is 1. The molecule has 0 aromatic heterocycles. The third-order valence-electron chi connectivity index (χ3n) is 1.88. The summed E-state index contributed by atoms with van der Waals surface area (Å²) < 4.78 is 13.0. The Hall–Kier alpha value is -1.42. The molecule has 0 aliphatic heterocycles. The van der Waals surface area contributed by atoms with Crippen LogP contribution in [0.1, 0.15) is 15.9 Å². The summed E-state index contributed by atoms with van der Waals surface area (Å²) in [5.41, 5.74) is 6.42. The molecule has 3 N–H and O–H groups in total. The zero-order chi connectivity index (χ0) is 10.6. The Labute approximate surface area is 82.1 Å². The van der Waals surface area contributed by atoms with Gasteiger partial charge in [0, 0.05) is 12.6 Å². The minimum Gasteiger partial charge on any atom is -0.355 e. The largest absolute Gasteiger partial charge is 0.355 e. The number of hydrogen-bond acceptors (Lipinski definition) is 2. The molecule has 0 spiro atoms. The average Bonchev–Trinajstić information content (AvgIpc) is 2.16. The molecule has 0 aliphatic carbocycles. The first kappa shape index (κ1) is 10.7. The van der Waals surface area contributed by atoms with Crippen molar-refractivity contribution in [1.82, 2.24) is 5.32 Å². The topological polar surface area (TPSA) is 55.1 Å². The van der Waals surface area contributed by atoms with Crippen molar-refractivity contribution in [2.24, 2.45) is 5.73 Å².